The molecular weight excluding hydrogens is 432 g/mol. The van der Waals surface area contributed by atoms with E-state index in [0.29, 0.717) is 18.4 Å². The largest absolute Gasteiger partial charge is 0.465 e. The lowest BCUT2D eigenvalue weighted by atomic mass is 10.1. The number of benzene rings is 1. The zero-order valence-corrected chi connectivity index (χ0v) is 19.1. The minimum absolute atomic E-state index is 0.322. The van der Waals surface area contributed by atoms with E-state index in [-0.39, 0.29) is 0 Å². The Balaban J connectivity index is 1.26. The van der Waals surface area contributed by atoms with Gasteiger partial charge in [-0.2, -0.15) is 5.10 Å². The highest BCUT2D eigenvalue weighted by Gasteiger charge is 2.21. The van der Waals surface area contributed by atoms with E-state index in [9.17, 15) is 4.79 Å². The lowest BCUT2D eigenvalue weighted by Crippen LogP contribution is -2.39. The van der Waals surface area contributed by atoms with Crippen LogP contribution in [0.4, 0.5) is 16.3 Å². The van der Waals surface area contributed by atoms with E-state index in [1.165, 1.54) is 5.56 Å². The summed E-state index contributed by atoms with van der Waals surface area (Å²) in [7, 11) is 0. The van der Waals surface area contributed by atoms with E-state index in [2.05, 4.69) is 55.7 Å². The highest BCUT2D eigenvalue weighted by Crippen LogP contribution is 2.27. The zero-order chi connectivity index (χ0) is 23.5. The van der Waals surface area contributed by atoms with Crippen LogP contribution < -0.4 is 10.6 Å². The molecule has 1 saturated heterocycles. The van der Waals surface area contributed by atoms with Gasteiger partial charge in [-0.1, -0.05) is 23.8 Å². The Bertz CT molecular complexity index is 1290. The number of imidazole rings is 1. The molecule has 3 N–H and O–H groups in total. The number of likely N-dealkylation sites (tertiary alicyclic amines) is 1. The Morgan fingerprint density at radius 3 is 2.85 bits per heavy atom. The molecule has 4 heterocycles. The van der Waals surface area contributed by atoms with Crippen molar-refractivity contribution in [2.75, 3.05) is 31.5 Å². The molecule has 176 valence electrons. The number of fused-ring (bicyclic) bond motifs is 1. The molecule has 34 heavy (non-hydrogen) atoms. The van der Waals surface area contributed by atoms with E-state index >= 15 is 0 Å². The molecule has 1 aromatic carbocycles. The summed E-state index contributed by atoms with van der Waals surface area (Å²) in [4.78, 5) is 22.1. The summed E-state index contributed by atoms with van der Waals surface area (Å²) < 4.78 is 4.06. The monoisotopic (exact) mass is 460 g/mol. The quantitative estimate of drug-likeness (QED) is 0.387. The van der Waals surface area contributed by atoms with Crippen molar-refractivity contribution in [2.45, 2.75) is 25.8 Å². The first-order chi connectivity index (χ1) is 16.6. The first-order valence-corrected chi connectivity index (χ1v) is 11.5. The van der Waals surface area contributed by atoms with Gasteiger partial charge in [0.1, 0.15) is 0 Å². The van der Waals surface area contributed by atoms with Gasteiger partial charge in [0.05, 0.1) is 29.8 Å². The van der Waals surface area contributed by atoms with Crippen molar-refractivity contribution in [3.63, 3.8) is 0 Å². The average molecular weight is 461 g/mol. The first kappa shape index (κ1) is 21.9. The van der Waals surface area contributed by atoms with Gasteiger partial charge in [-0.3, -0.25) is 9.08 Å². The molecule has 1 amide bonds. The second kappa shape index (κ2) is 9.52. The van der Waals surface area contributed by atoms with Crippen molar-refractivity contribution >= 4 is 23.2 Å². The number of nitrogens with one attached hydrogen (secondary N) is 2. The number of aromatic nitrogens is 5. The topological polar surface area (TPSA) is 113 Å². The number of anilines is 2. The van der Waals surface area contributed by atoms with Crippen LogP contribution in [-0.4, -0.2) is 66.4 Å². The Kier molecular flexibility index (Phi) is 6.13. The maximum Gasteiger partial charge on any atom is 0.404 e. The highest BCUT2D eigenvalue weighted by atomic mass is 16.4. The highest BCUT2D eigenvalue weighted by molar-refractivity contribution is 5.74. The van der Waals surface area contributed by atoms with Gasteiger partial charge in [0.25, 0.3) is 0 Å². The van der Waals surface area contributed by atoms with Crippen LogP contribution in [0.2, 0.25) is 0 Å². The molecule has 0 bridgehead atoms. The molecule has 1 aliphatic heterocycles. The summed E-state index contributed by atoms with van der Waals surface area (Å²) in [5.74, 6) is 0.682. The van der Waals surface area contributed by atoms with Gasteiger partial charge in [0.2, 0.25) is 0 Å². The van der Waals surface area contributed by atoms with E-state index in [1.54, 1.807) is 6.20 Å². The lowest BCUT2D eigenvalue weighted by molar-refractivity contribution is 0.172. The van der Waals surface area contributed by atoms with Gasteiger partial charge in [-0.15, -0.1) is 0 Å². The molecule has 4 aromatic rings. The summed E-state index contributed by atoms with van der Waals surface area (Å²) in [6.07, 6.45) is 10.4. The van der Waals surface area contributed by atoms with Crippen molar-refractivity contribution in [3.05, 3.63) is 60.8 Å². The van der Waals surface area contributed by atoms with Gasteiger partial charge in [0.15, 0.2) is 11.5 Å². The number of carbonyl (C=O) groups is 1. The molecular formula is C24H28N8O2. The summed E-state index contributed by atoms with van der Waals surface area (Å²) >= 11 is 0. The Hall–Kier alpha value is -3.92. The van der Waals surface area contributed by atoms with Gasteiger partial charge in [-0.25, -0.2) is 14.8 Å². The second-order valence-corrected chi connectivity index (χ2v) is 8.62. The fourth-order valence-electron chi connectivity index (χ4n) is 4.49. The van der Waals surface area contributed by atoms with Crippen molar-refractivity contribution in [2.24, 2.45) is 0 Å². The standard InChI is InChI=1S/C24H28N8O2/c1-17-3-2-4-18(13-17)21-15-27-22(23-25-8-12-31(21)23)29-19-14-28-32(16-19)20-5-9-30(10-6-20)11-7-26-24(33)34/h2-4,8,12-16,20,26H,5-7,9-11H2,1H3,(H,27,29)(H,33,34). The number of rotatable bonds is 7. The number of aryl methyl sites for hydroxylation is 1. The van der Waals surface area contributed by atoms with Crippen molar-refractivity contribution in [3.8, 4) is 11.3 Å². The van der Waals surface area contributed by atoms with Crippen LogP contribution in [0.25, 0.3) is 16.9 Å². The lowest BCUT2D eigenvalue weighted by Gasteiger charge is -2.31. The Labute approximate surface area is 197 Å². The summed E-state index contributed by atoms with van der Waals surface area (Å²) in [5, 5.41) is 19.1. The summed E-state index contributed by atoms with van der Waals surface area (Å²) in [5.41, 5.74) is 4.91. The molecule has 1 fully saturated rings. The van der Waals surface area contributed by atoms with Crippen LogP contribution in [-0.2, 0) is 0 Å². The molecule has 0 atom stereocenters. The van der Waals surface area contributed by atoms with Crippen molar-refractivity contribution in [1.29, 1.82) is 0 Å². The number of piperidine rings is 1. The molecule has 10 nitrogen and oxygen atoms in total. The molecule has 0 spiro atoms. The molecule has 0 unspecified atom stereocenters. The maximum absolute atomic E-state index is 10.6. The van der Waals surface area contributed by atoms with Crippen molar-refractivity contribution in [1.82, 2.24) is 34.4 Å². The minimum atomic E-state index is -0.974. The van der Waals surface area contributed by atoms with Crippen LogP contribution >= 0.6 is 0 Å². The third-order valence-electron chi connectivity index (χ3n) is 6.24. The number of hydrogen-bond acceptors (Lipinski definition) is 6. The summed E-state index contributed by atoms with van der Waals surface area (Å²) in [6.45, 7) is 5.11. The molecule has 0 radical (unpaired) electrons. The molecule has 3 aromatic heterocycles. The second-order valence-electron chi connectivity index (χ2n) is 8.62. The van der Waals surface area contributed by atoms with Gasteiger partial charge in [0, 0.05) is 50.3 Å². The Morgan fingerprint density at radius 1 is 1.21 bits per heavy atom. The fourth-order valence-corrected chi connectivity index (χ4v) is 4.49. The average Bonchev–Trinajstić information content (AvgIpc) is 3.50. The van der Waals surface area contributed by atoms with Crippen LogP contribution in [0, 0.1) is 6.92 Å². The zero-order valence-electron chi connectivity index (χ0n) is 19.1. The number of hydrogen-bond donors (Lipinski definition) is 3. The third kappa shape index (κ3) is 4.72. The van der Waals surface area contributed by atoms with E-state index < -0.39 is 6.09 Å². The molecule has 1 aliphatic rings. The summed E-state index contributed by atoms with van der Waals surface area (Å²) in [6, 6.07) is 8.67. The van der Waals surface area contributed by atoms with Crippen LogP contribution in [0.15, 0.2) is 55.2 Å². The van der Waals surface area contributed by atoms with Gasteiger partial charge < -0.3 is 20.6 Å². The smallest absolute Gasteiger partial charge is 0.404 e. The minimum Gasteiger partial charge on any atom is -0.465 e. The normalized spacial score (nSPS) is 15.0. The van der Waals surface area contributed by atoms with Crippen molar-refractivity contribution < 1.29 is 9.90 Å². The van der Waals surface area contributed by atoms with E-state index in [4.69, 9.17) is 5.11 Å². The molecule has 0 aliphatic carbocycles. The van der Waals surface area contributed by atoms with E-state index in [0.717, 1.165) is 55.1 Å². The third-order valence-corrected chi connectivity index (χ3v) is 6.24. The number of amides is 1. The predicted molar refractivity (Wildman–Crippen MR) is 129 cm³/mol. The molecule has 10 heteroatoms. The van der Waals surface area contributed by atoms with E-state index in [1.807, 2.05) is 39.9 Å². The van der Waals surface area contributed by atoms with Crippen LogP contribution in [0.5, 0.6) is 0 Å². The molecule has 0 saturated carbocycles. The first-order valence-electron chi connectivity index (χ1n) is 11.5. The van der Waals surface area contributed by atoms with Gasteiger partial charge in [-0.05, 0) is 25.8 Å². The number of nitrogens with zero attached hydrogens (tertiary/aromatic N) is 6. The SMILES string of the molecule is Cc1cccc(-c2cnc(Nc3cnn(C4CCN(CCNC(=O)O)CC4)c3)c3nccn23)c1. The van der Waals surface area contributed by atoms with Crippen LogP contribution in [0.3, 0.4) is 0 Å². The molecule has 5 rings (SSSR count). The fraction of sp³-hybridized carbons (Fsp3) is 0.333. The predicted octanol–water partition coefficient (Wildman–Crippen LogP) is 3.55. The van der Waals surface area contributed by atoms with Gasteiger partial charge >= 0.3 is 6.09 Å². The Morgan fingerprint density at radius 2 is 2.06 bits per heavy atom. The number of carboxylic acid groups (broad SMARTS) is 1. The van der Waals surface area contributed by atoms with Crippen LogP contribution in [0.1, 0.15) is 24.4 Å². The maximum atomic E-state index is 10.6.